The minimum Gasteiger partial charge on any atom is -0.507 e. The summed E-state index contributed by atoms with van der Waals surface area (Å²) in [4.78, 5) is 14.8. The third kappa shape index (κ3) is 3.81. The molecule has 3 N–H and O–H groups in total. The van der Waals surface area contributed by atoms with Crippen molar-refractivity contribution in [3.8, 4) is 22.8 Å². The minimum atomic E-state index is -0.439. The van der Waals surface area contributed by atoms with Crippen LogP contribution >= 0.6 is 39.9 Å². The summed E-state index contributed by atoms with van der Waals surface area (Å²) in [7, 11) is 1.89. The molecule has 0 radical (unpaired) electrons. The van der Waals surface area contributed by atoms with E-state index in [-0.39, 0.29) is 59.2 Å². The predicted octanol–water partition coefficient (Wildman–Crippen LogP) is 4.49. The van der Waals surface area contributed by atoms with Gasteiger partial charge in [0.1, 0.15) is 28.2 Å². The third-order valence-electron chi connectivity index (χ3n) is 5.58. The molecule has 1 saturated heterocycles. The lowest BCUT2D eigenvalue weighted by Crippen LogP contribution is -2.32. The van der Waals surface area contributed by atoms with Gasteiger partial charge in [-0.25, -0.2) is 0 Å². The fraction of sp³-hybridized carbons (Fsp3) is 0.286. The standard InChI is InChI=1S/C21H19BrClNO5.ClH/c1-24-5-4-12(14(24)9-25)19-15(26)7-16(27)20-17(28)8-18(29-21(19)20)11-3-2-10(22)6-13(11)23;/h2-3,6-8,12,14,25-27H,4-5,9H2,1H3;1H/t12-,14+;/m1./s1. The van der Waals surface area contributed by atoms with Crippen LogP contribution in [0, 0.1) is 0 Å². The predicted molar refractivity (Wildman–Crippen MR) is 122 cm³/mol. The van der Waals surface area contributed by atoms with Crippen molar-refractivity contribution in [1.29, 1.82) is 0 Å². The summed E-state index contributed by atoms with van der Waals surface area (Å²) in [5, 5.41) is 31.2. The van der Waals surface area contributed by atoms with Gasteiger partial charge in [0.15, 0.2) is 5.43 Å². The topological polar surface area (TPSA) is 94.1 Å². The molecule has 30 heavy (non-hydrogen) atoms. The van der Waals surface area contributed by atoms with Crippen molar-refractivity contribution in [3.05, 3.63) is 55.6 Å². The van der Waals surface area contributed by atoms with Gasteiger partial charge in [-0.2, -0.15) is 0 Å². The van der Waals surface area contributed by atoms with Crippen molar-refractivity contribution in [3.63, 3.8) is 0 Å². The summed E-state index contributed by atoms with van der Waals surface area (Å²) in [5.41, 5.74) is 0.604. The van der Waals surface area contributed by atoms with E-state index in [1.807, 2.05) is 11.9 Å². The highest BCUT2D eigenvalue weighted by Crippen LogP contribution is 2.44. The molecule has 3 aromatic rings. The van der Waals surface area contributed by atoms with Crippen LogP contribution in [0.25, 0.3) is 22.3 Å². The number of benzene rings is 2. The van der Waals surface area contributed by atoms with Crippen LogP contribution in [0.1, 0.15) is 17.9 Å². The summed E-state index contributed by atoms with van der Waals surface area (Å²) < 4.78 is 6.85. The van der Waals surface area contributed by atoms with Gasteiger partial charge in [-0.1, -0.05) is 27.5 Å². The van der Waals surface area contributed by atoms with Gasteiger partial charge < -0.3 is 24.6 Å². The number of hydrogen-bond acceptors (Lipinski definition) is 6. The summed E-state index contributed by atoms with van der Waals surface area (Å²) in [6.45, 7) is 0.617. The molecule has 1 aliphatic heterocycles. The van der Waals surface area contributed by atoms with E-state index in [1.165, 1.54) is 6.07 Å². The molecule has 6 nitrogen and oxygen atoms in total. The van der Waals surface area contributed by atoms with E-state index in [0.717, 1.165) is 17.1 Å². The lowest BCUT2D eigenvalue weighted by atomic mass is 9.89. The number of phenols is 2. The number of rotatable bonds is 3. The van der Waals surface area contributed by atoms with E-state index in [0.29, 0.717) is 22.6 Å². The number of likely N-dealkylation sites (N-methyl/N-ethyl adjacent to an activating group) is 1. The summed E-state index contributed by atoms with van der Waals surface area (Å²) >= 11 is 9.68. The Kier molecular flexibility index (Phi) is 6.69. The van der Waals surface area contributed by atoms with Crippen molar-refractivity contribution in [2.45, 2.75) is 18.4 Å². The largest absolute Gasteiger partial charge is 0.507 e. The van der Waals surface area contributed by atoms with Gasteiger partial charge in [-0.15, -0.1) is 12.4 Å². The number of phenolic OH excluding ortho intramolecular Hbond substituents is 2. The fourth-order valence-corrected chi connectivity index (χ4v) is 4.88. The number of likely N-dealkylation sites (tertiary alicyclic amines) is 1. The molecule has 0 unspecified atom stereocenters. The molecule has 0 spiro atoms. The molecule has 2 heterocycles. The Balaban J connectivity index is 0.00000256. The lowest BCUT2D eigenvalue weighted by molar-refractivity contribution is 0.172. The SMILES string of the molecule is CN1CC[C@@H](c2c(O)cc(O)c3c(=O)cc(-c4ccc(Br)cc4Cl)oc23)[C@@H]1CO.Cl. The molecule has 1 aromatic heterocycles. The normalized spacial score (nSPS) is 19.2. The molecular weight excluding hydrogens is 497 g/mol. The molecule has 0 amide bonds. The highest BCUT2D eigenvalue weighted by molar-refractivity contribution is 9.10. The first-order valence-electron chi connectivity index (χ1n) is 9.11. The molecule has 4 rings (SSSR count). The molecule has 2 aromatic carbocycles. The molecular formula is C21H20BrCl2NO5. The van der Waals surface area contributed by atoms with Gasteiger partial charge in [0, 0.05) is 39.7 Å². The number of aliphatic hydroxyl groups is 1. The first-order valence-corrected chi connectivity index (χ1v) is 10.3. The number of aliphatic hydroxyl groups excluding tert-OH is 1. The average molecular weight is 517 g/mol. The number of halogens is 3. The molecule has 160 valence electrons. The van der Waals surface area contributed by atoms with Crippen LogP contribution in [0.2, 0.25) is 5.02 Å². The molecule has 1 aliphatic rings. The van der Waals surface area contributed by atoms with Crippen LogP contribution in [-0.4, -0.2) is 46.5 Å². The van der Waals surface area contributed by atoms with E-state index in [2.05, 4.69) is 15.9 Å². The maximum absolute atomic E-state index is 12.9. The molecule has 2 atom stereocenters. The Morgan fingerprint density at radius 2 is 1.97 bits per heavy atom. The summed E-state index contributed by atoms with van der Waals surface area (Å²) in [6.07, 6.45) is 0.669. The smallest absolute Gasteiger partial charge is 0.197 e. The van der Waals surface area contributed by atoms with Crippen LogP contribution in [0.4, 0.5) is 0 Å². The van der Waals surface area contributed by atoms with Crippen molar-refractivity contribution >= 4 is 50.9 Å². The maximum atomic E-state index is 12.9. The first-order chi connectivity index (χ1) is 13.8. The van der Waals surface area contributed by atoms with Gasteiger partial charge in [-0.05, 0) is 38.2 Å². The van der Waals surface area contributed by atoms with Crippen molar-refractivity contribution in [1.82, 2.24) is 4.90 Å². The average Bonchev–Trinajstić information content (AvgIpc) is 3.01. The Bertz CT molecular complexity index is 1170. The van der Waals surface area contributed by atoms with E-state index < -0.39 is 5.43 Å². The molecule has 9 heteroatoms. The second-order valence-electron chi connectivity index (χ2n) is 7.26. The highest BCUT2D eigenvalue weighted by atomic mass is 79.9. The van der Waals surface area contributed by atoms with Crippen molar-refractivity contribution < 1.29 is 19.7 Å². The van der Waals surface area contributed by atoms with E-state index >= 15 is 0 Å². The number of aromatic hydroxyl groups is 2. The summed E-state index contributed by atoms with van der Waals surface area (Å²) in [5.74, 6) is -0.545. The zero-order chi connectivity index (χ0) is 20.9. The Hall–Kier alpha value is -1.77. The van der Waals surface area contributed by atoms with Crippen LogP contribution in [0.15, 0.2) is 44.0 Å². The number of hydrogen-bond donors (Lipinski definition) is 3. The Labute approximate surface area is 192 Å². The minimum absolute atomic E-state index is 0. The monoisotopic (exact) mass is 515 g/mol. The van der Waals surface area contributed by atoms with Crippen LogP contribution in [0.5, 0.6) is 11.5 Å². The second-order valence-corrected chi connectivity index (χ2v) is 8.58. The quantitative estimate of drug-likeness (QED) is 0.475. The summed E-state index contributed by atoms with van der Waals surface area (Å²) in [6, 6.07) is 7.39. The van der Waals surface area contributed by atoms with Gasteiger partial charge in [0.05, 0.1) is 11.6 Å². The molecule has 0 saturated carbocycles. The zero-order valence-electron chi connectivity index (χ0n) is 15.9. The van der Waals surface area contributed by atoms with Gasteiger partial charge in [0.25, 0.3) is 0 Å². The number of fused-ring (bicyclic) bond motifs is 1. The second kappa shape index (κ2) is 8.77. The zero-order valence-corrected chi connectivity index (χ0v) is 19.1. The van der Waals surface area contributed by atoms with Gasteiger partial charge >= 0.3 is 0 Å². The molecule has 1 fully saturated rings. The van der Waals surface area contributed by atoms with Gasteiger partial charge in [0.2, 0.25) is 0 Å². The van der Waals surface area contributed by atoms with E-state index in [4.69, 9.17) is 16.0 Å². The Morgan fingerprint density at radius 3 is 2.63 bits per heavy atom. The number of nitrogens with zero attached hydrogens (tertiary/aromatic N) is 1. The van der Waals surface area contributed by atoms with Crippen molar-refractivity contribution in [2.75, 3.05) is 20.2 Å². The lowest BCUT2D eigenvalue weighted by Gasteiger charge is -2.24. The third-order valence-corrected chi connectivity index (χ3v) is 6.38. The van der Waals surface area contributed by atoms with E-state index in [9.17, 15) is 20.1 Å². The van der Waals surface area contributed by atoms with Gasteiger partial charge in [-0.3, -0.25) is 4.79 Å². The van der Waals surface area contributed by atoms with Crippen LogP contribution in [0.3, 0.4) is 0 Å². The molecule has 0 aliphatic carbocycles. The molecule has 0 bridgehead atoms. The van der Waals surface area contributed by atoms with Crippen LogP contribution in [-0.2, 0) is 0 Å². The fourth-order valence-electron chi connectivity index (χ4n) is 4.11. The first kappa shape index (κ1) is 22.9. The highest BCUT2D eigenvalue weighted by Gasteiger charge is 2.36. The van der Waals surface area contributed by atoms with E-state index in [1.54, 1.807) is 18.2 Å². The maximum Gasteiger partial charge on any atom is 0.197 e. The Morgan fingerprint density at radius 1 is 1.23 bits per heavy atom. The van der Waals surface area contributed by atoms with Crippen molar-refractivity contribution in [2.24, 2.45) is 0 Å². The van der Waals surface area contributed by atoms with Crippen LogP contribution < -0.4 is 5.43 Å².